The number of H-pyrrole nitrogens is 1. The number of aromatic nitrogens is 4. The first kappa shape index (κ1) is 112. The van der Waals surface area contributed by atoms with Crippen molar-refractivity contribution in [3.8, 4) is 6.07 Å². The van der Waals surface area contributed by atoms with E-state index in [4.69, 9.17) is 204 Å². The summed E-state index contributed by atoms with van der Waals surface area (Å²) in [6.45, 7) is 34.3. The molecule has 4 heterocycles. The van der Waals surface area contributed by atoms with E-state index in [-0.39, 0.29) is 141 Å². The van der Waals surface area contributed by atoms with E-state index >= 15 is 0 Å². The van der Waals surface area contributed by atoms with E-state index in [2.05, 4.69) is 106 Å². The molecule has 2 saturated heterocycles. The Labute approximate surface area is 852 Å². The van der Waals surface area contributed by atoms with Gasteiger partial charge in [-0.2, -0.15) is 24.1 Å². The second-order valence-electron chi connectivity index (χ2n) is 28.2. The SMILES string of the molecule is C1CCOC1.CC(C)(C)OC(=O)OC(=O)OC(C)(C)C.CCc1cc(Cl)c(Cl)cc1Br.C[CH-]C.N#Cc1cc(Cl)c(Cl)cc1Br.NCc1cc(Cl)c(Cl)cc1Br.O=c1[nH]c(Cl)nc2ncn(CCN3CCOCC3)c12.[2H]c1c(Cl)c(Cl)c([2H])c(CNC(=O)OC(C)(C)C)c1Br.[2H]c1cc(CN)c([2H])c(Cl)c1Cl.[2H]c1cc(CNC(=O)OC(C)(C)C)c([2H])c(Cl)c1Cl.[B].[Cl-].[Mg+2]. The molecule has 6 aromatic carbocycles. The molecule has 2 aromatic heterocycles. The van der Waals surface area contributed by atoms with Gasteiger partial charge in [-0.25, -0.2) is 24.2 Å². The van der Waals surface area contributed by atoms with Gasteiger partial charge in [-0.05, 0) is 230 Å². The molecule has 3 radical (unpaired) electrons. The van der Waals surface area contributed by atoms with Gasteiger partial charge in [-0.15, -0.1) is 0 Å². The van der Waals surface area contributed by atoms with E-state index in [1.165, 1.54) is 36.6 Å². The van der Waals surface area contributed by atoms with Crippen LogP contribution in [0.5, 0.6) is 0 Å². The van der Waals surface area contributed by atoms with Crippen LogP contribution in [0.3, 0.4) is 0 Å². The van der Waals surface area contributed by atoms with Crippen LogP contribution in [0.15, 0.2) is 114 Å². The zero-order valence-corrected chi connectivity index (χ0v) is 88.1. The molecule has 42 heteroatoms. The topological polar surface area (TPSA) is 300 Å². The van der Waals surface area contributed by atoms with Crippen molar-refractivity contribution in [1.29, 1.82) is 5.26 Å². The number of hydrogen-bond acceptors (Lipinski definition) is 18. The van der Waals surface area contributed by atoms with Crippen LogP contribution in [0.2, 0.25) is 65.6 Å². The first-order chi connectivity index (χ1) is 58.3. The van der Waals surface area contributed by atoms with Crippen LogP contribution in [0.4, 0.5) is 19.2 Å². The van der Waals surface area contributed by atoms with Gasteiger partial charge in [-0.1, -0.05) is 206 Å². The maximum Gasteiger partial charge on any atom is 2.00 e. The standard InChI is InChI=1S/C12H14BrCl2NO2.C12H15Cl2NO2.C11H14ClN5O2.C10H18O5.C8H7BrCl2.C7H6BrCl2N.C7H2BrCl2N.C7H7Cl2N.C4H8O.C3H7.B.ClH.Mg/c1-12(2,3)18-11(17)16-6-7-4-9(14)10(15)5-8(7)13;1-12(2,3)17-11(16)15-7-8-4-5-9(13)10(14)6-8;12-11-14-9-8(10(18)15-11)17(7-13-9)2-1-16-3-5-19-6-4-16;1-9(2,3)14-7(11)13-8(12)15-10(4,5)6;1-2-5-3-7(10)8(11)4-6(5)9;2*8-5-2-7(10)6(9)1-4(5)3-11;8-6-2-1-5(4-10)3-7(6)9;1-2-4-5-3-1;1-3-2;;;/h4-5H,6H2,1-3H3,(H,16,17);4-6H,7H2,1-3H3,(H,15,16);7H,1-6H2,(H,14,15,18);1-6H3;3-4H,2H2,1H3;1-2H,3,11H2;1-2H;1-3H,4,10H2;1-4H2;3H,1-2H3;;1H;/q;;;;;;;;;-1;;;+2/p-1/i4D,5D;5D,6D;;;;;;2D,3D;;;;;. The number of alkyl carbamates (subject to hydrolysis) is 2. The predicted molar refractivity (Wildman–Crippen MR) is 517 cm³/mol. The number of benzene rings is 6. The number of ether oxygens (including phenoxy) is 7. The van der Waals surface area contributed by atoms with Gasteiger partial charge in [-0.3, -0.25) is 14.7 Å². The first-order valence-corrected chi connectivity index (χ1v) is 43.9. The van der Waals surface area contributed by atoms with Gasteiger partial charge in [0.1, 0.15) is 28.5 Å². The minimum Gasteiger partial charge on any atom is -1.00 e. The average Bonchev–Trinajstić information content (AvgIpc) is 1.75. The number of hydrogen-bond donors (Lipinski definition) is 5. The van der Waals surface area contributed by atoms with Gasteiger partial charge in [0.2, 0.25) is 5.28 Å². The van der Waals surface area contributed by atoms with Crippen molar-refractivity contribution in [3.63, 3.8) is 0 Å². The summed E-state index contributed by atoms with van der Waals surface area (Å²) in [6.07, 6.45) is 3.82. The Bertz CT molecular complexity index is 4930. The van der Waals surface area contributed by atoms with Gasteiger partial charge in [0.05, 0.1) is 93.6 Å². The van der Waals surface area contributed by atoms with Crippen molar-refractivity contribution in [2.24, 2.45) is 11.5 Å². The van der Waals surface area contributed by atoms with Crippen LogP contribution in [0.25, 0.3) is 11.2 Å². The van der Waals surface area contributed by atoms with E-state index in [9.17, 15) is 24.0 Å². The number of fused-ring (bicyclic) bond motifs is 1. The summed E-state index contributed by atoms with van der Waals surface area (Å²) in [5.41, 5.74) is 12.7. The molecule has 123 heavy (non-hydrogen) atoms. The van der Waals surface area contributed by atoms with Crippen LogP contribution in [-0.2, 0) is 72.3 Å². The molecule has 2 fully saturated rings. The quantitative estimate of drug-likeness (QED) is 0.0162. The summed E-state index contributed by atoms with van der Waals surface area (Å²) in [7, 11) is 0. The van der Waals surface area contributed by atoms with Crippen molar-refractivity contribution in [2.45, 2.75) is 178 Å². The molecule has 10 rings (SSSR count). The number of morpholine rings is 1. The summed E-state index contributed by atoms with van der Waals surface area (Å²) in [4.78, 5) is 69.8. The molecule has 2 aliphatic rings. The molecule has 8 aromatic rings. The maximum atomic E-state index is 11.9. The molecule has 0 spiro atoms. The Morgan fingerprint density at radius 2 is 0.967 bits per heavy atom. The van der Waals surface area contributed by atoms with Crippen LogP contribution < -0.4 is 40.1 Å². The van der Waals surface area contributed by atoms with Crippen molar-refractivity contribution in [1.82, 2.24) is 35.1 Å². The summed E-state index contributed by atoms with van der Waals surface area (Å²) >= 11 is 87.8. The number of amides is 2. The third-order valence-corrected chi connectivity index (χ3v) is 20.5. The fourth-order valence-corrected chi connectivity index (χ4v) is 12.7. The molecular formula is C81H98BBr4Cl14MgN10O12. The Morgan fingerprint density at radius 3 is 1.41 bits per heavy atom. The minimum absolute atomic E-state index is 0. The Kier molecular flexibility index (Phi) is 58.4. The van der Waals surface area contributed by atoms with E-state index in [1.54, 1.807) is 108 Å². The van der Waals surface area contributed by atoms with Crippen molar-refractivity contribution in [3.05, 3.63) is 225 Å². The Morgan fingerprint density at radius 1 is 0.561 bits per heavy atom. The summed E-state index contributed by atoms with van der Waals surface area (Å²) in [6, 6.07) is 15.3. The molecule has 7 N–H and O–H groups in total. The number of halogens is 18. The number of nitrogens with zero attached hydrogens (tertiary/aromatic N) is 5. The second-order valence-corrected chi connectivity index (χ2v) is 36.6. The zero-order valence-electron chi connectivity index (χ0n) is 75.8. The fourth-order valence-electron chi connectivity index (χ4n) is 8.13. The number of aromatic amines is 1. The monoisotopic (exact) mass is 2250 g/mol. The molecule has 675 valence electrons. The van der Waals surface area contributed by atoms with Gasteiger partial charge < -0.3 is 78.7 Å². The number of nitriles is 1. The molecule has 0 saturated carbocycles. The molecular weight excluding hydrogens is 2160 g/mol. The number of nitrogens with two attached hydrogens (primary N) is 2. The van der Waals surface area contributed by atoms with Gasteiger partial charge in [0.15, 0.2) is 11.2 Å². The third-order valence-electron chi connectivity index (χ3n) is 13.4. The Hall–Kier alpha value is -2.95. The summed E-state index contributed by atoms with van der Waals surface area (Å²) in [5, 5.41) is 17.0. The molecule has 0 aliphatic carbocycles. The number of aryl methyl sites for hydroxylation is 1. The van der Waals surface area contributed by atoms with E-state index in [0.29, 0.717) is 85.6 Å². The van der Waals surface area contributed by atoms with E-state index in [0.717, 1.165) is 67.0 Å². The third kappa shape index (κ3) is 55.1. The van der Waals surface area contributed by atoms with Crippen molar-refractivity contribution >= 4 is 282 Å². The number of carbonyl (C=O) groups excluding carboxylic acids is 4. The predicted octanol–water partition coefficient (Wildman–Crippen LogP) is 23.7. The van der Waals surface area contributed by atoms with Gasteiger partial charge in [0, 0.05) is 91.9 Å². The second kappa shape index (κ2) is 64.0. The van der Waals surface area contributed by atoms with Gasteiger partial charge in [0.25, 0.3) is 5.56 Å². The molecule has 2 aliphatic heterocycles. The number of imidazole rings is 1. The maximum absolute atomic E-state index is 11.9. The zero-order chi connectivity index (χ0) is 96.8. The molecule has 0 atom stereocenters. The minimum atomic E-state index is -1.06. The average molecular weight is 2260 g/mol. The van der Waals surface area contributed by atoms with Crippen molar-refractivity contribution in [2.75, 3.05) is 46.1 Å². The fraction of sp³-hybridized carbons (Fsp3) is 0.420. The molecule has 2 amide bonds. The van der Waals surface area contributed by atoms with Crippen molar-refractivity contribution < 1.29 is 73.0 Å². The largest absolute Gasteiger partial charge is 2.00 e. The molecule has 0 unspecified atom stereocenters. The van der Waals surface area contributed by atoms with Crippen LogP contribution in [0.1, 0.15) is 158 Å². The number of rotatable bonds is 10. The van der Waals surface area contributed by atoms with Crippen LogP contribution in [0, 0.1) is 17.8 Å². The Balaban J connectivity index is -0.00000140. The van der Waals surface area contributed by atoms with E-state index in [1.807, 2.05) is 43.0 Å². The normalized spacial score (nSPS) is 12.5. The van der Waals surface area contributed by atoms with E-state index < -0.39 is 46.9 Å². The van der Waals surface area contributed by atoms with Gasteiger partial charge >= 0.3 is 47.6 Å². The van der Waals surface area contributed by atoms with Crippen LogP contribution >= 0.6 is 215 Å². The molecule has 0 bridgehead atoms. The van der Waals surface area contributed by atoms with Crippen LogP contribution in [-0.4, -0.2) is 149 Å². The summed E-state index contributed by atoms with van der Waals surface area (Å²) < 4.78 is 84.7. The molecule has 22 nitrogen and oxygen atoms in total. The summed E-state index contributed by atoms with van der Waals surface area (Å²) in [5.74, 6) is 0. The first-order valence-electron chi connectivity index (χ1n) is 38.9. The number of carbonyl (C=O) groups is 4. The smallest absolute Gasteiger partial charge is 1.00 e. The number of nitrogens with one attached hydrogen (secondary N) is 3.